The molecule has 5 nitrogen and oxygen atoms in total. The van der Waals surface area contributed by atoms with Gasteiger partial charge in [0.25, 0.3) is 11.8 Å². The third kappa shape index (κ3) is 6.40. The molecule has 0 aromatic heterocycles. The number of rotatable bonds is 3. The zero-order valence-electron chi connectivity index (χ0n) is 18.2. The molecule has 2 aromatic rings. The molecule has 0 radical (unpaired) electrons. The van der Waals surface area contributed by atoms with Gasteiger partial charge in [0.15, 0.2) is 0 Å². The van der Waals surface area contributed by atoms with Gasteiger partial charge in [-0.25, -0.2) is 0 Å². The Morgan fingerprint density at radius 2 is 1.55 bits per heavy atom. The summed E-state index contributed by atoms with van der Waals surface area (Å²) in [7, 11) is 1.54. The minimum absolute atomic E-state index is 0.00641. The van der Waals surface area contributed by atoms with E-state index in [2.05, 4.69) is 15.9 Å². The van der Waals surface area contributed by atoms with Gasteiger partial charge in [-0.3, -0.25) is 9.59 Å². The fourth-order valence-corrected chi connectivity index (χ4v) is 4.49. The maximum atomic E-state index is 13.4. The molecule has 0 fully saturated rings. The Morgan fingerprint density at radius 3 is 2.29 bits per heavy atom. The number of anilines is 1. The van der Waals surface area contributed by atoms with Crippen molar-refractivity contribution in [1.29, 1.82) is 0 Å². The number of fused-ring (bicyclic) bond motifs is 1. The highest BCUT2D eigenvalue weighted by atomic mass is 79.9. The lowest BCUT2D eigenvalue weighted by Gasteiger charge is -2.28. The Balaban J connectivity index is 1.95. The normalized spacial score (nSPS) is 15.9. The number of ether oxygens (including phenoxy) is 1. The van der Waals surface area contributed by atoms with Crippen LogP contribution < -0.4 is 4.90 Å². The van der Waals surface area contributed by atoms with Gasteiger partial charge in [-0.05, 0) is 52.5 Å². The molecule has 166 valence electrons. The van der Waals surface area contributed by atoms with E-state index in [1.807, 2.05) is 58.3 Å². The van der Waals surface area contributed by atoms with Gasteiger partial charge < -0.3 is 14.5 Å². The molecule has 0 unspecified atom stereocenters. The van der Waals surface area contributed by atoms with Gasteiger partial charge in [-0.15, -0.1) is 0 Å². The summed E-state index contributed by atoms with van der Waals surface area (Å²) in [6.07, 6.45) is 6.43. The maximum Gasteiger partial charge on any atom is 0.255 e. The highest BCUT2D eigenvalue weighted by Crippen LogP contribution is 2.26. The van der Waals surface area contributed by atoms with Crippen LogP contribution in [0.25, 0.3) is 0 Å². The average Bonchev–Trinajstić information content (AvgIpc) is 2.79. The maximum absolute atomic E-state index is 13.4. The molecule has 0 spiro atoms. The van der Waals surface area contributed by atoms with Gasteiger partial charge in [0.1, 0.15) is 6.61 Å². The van der Waals surface area contributed by atoms with Crippen molar-refractivity contribution < 1.29 is 14.3 Å². The van der Waals surface area contributed by atoms with Crippen molar-refractivity contribution in [3.05, 3.63) is 64.1 Å². The Labute approximate surface area is 193 Å². The van der Waals surface area contributed by atoms with Crippen molar-refractivity contribution in [2.45, 2.75) is 45.1 Å². The number of methoxy groups -OCH3 is 1. The van der Waals surface area contributed by atoms with Crippen LogP contribution in [0, 0.1) is 0 Å². The van der Waals surface area contributed by atoms with Crippen molar-refractivity contribution in [1.82, 2.24) is 4.90 Å². The second-order valence-corrected chi connectivity index (χ2v) is 8.79. The summed E-state index contributed by atoms with van der Waals surface area (Å²) in [5, 5.41) is 0. The summed E-state index contributed by atoms with van der Waals surface area (Å²) in [6, 6.07) is 15.5. The van der Waals surface area contributed by atoms with Gasteiger partial charge >= 0.3 is 0 Å². The largest absolute Gasteiger partial charge is 0.375 e. The van der Waals surface area contributed by atoms with Crippen LogP contribution >= 0.6 is 15.9 Å². The number of hydrogen-bond acceptors (Lipinski definition) is 3. The number of para-hydroxylation sites is 1. The molecule has 1 aliphatic heterocycles. The number of nitrogens with zero attached hydrogens (tertiary/aromatic N) is 2. The topological polar surface area (TPSA) is 49.9 Å². The molecule has 0 saturated carbocycles. The van der Waals surface area contributed by atoms with Gasteiger partial charge in [-0.2, -0.15) is 0 Å². The van der Waals surface area contributed by atoms with E-state index in [9.17, 15) is 9.59 Å². The summed E-state index contributed by atoms with van der Waals surface area (Å²) in [4.78, 5) is 30.0. The van der Waals surface area contributed by atoms with Crippen LogP contribution in [0.3, 0.4) is 0 Å². The van der Waals surface area contributed by atoms with Gasteiger partial charge in [0, 0.05) is 36.9 Å². The molecule has 3 rings (SSSR count). The van der Waals surface area contributed by atoms with Gasteiger partial charge in [0.2, 0.25) is 0 Å². The molecule has 6 heteroatoms. The van der Waals surface area contributed by atoms with Crippen LogP contribution in [-0.2, 0) is 16.1 Å². The highest BCUT2D eigenvalue weighted by Gasteiger charge is 2.23. The number of carbonyl (C=O) groups is 2. The van der Waals surface area contributed by atoms with Crippen LogP contribution in [-0.4, -0.2) is 43.5 Å². The number of hydrogen-bond donors (Lipinski definition) is 0. The molecule has 2 amide bonds. The van der Waals surface area contributed by atoms with Crippen molar-refractivity contribution in [3.8, 4) is 0 Å². The summed E-state index contributed by atoms with van der Waals surface area (Å²) < 4.78 is 5.93. The monoisotopic (exact) mass is 486 g/mol. The summed E-state index contributed by atoms with van der Waals surface area (Å²) in [5.74, 6) is -0.0413. The Hall–Kier alpha value is -2.18. The Bertz CT molecular complexity index is 887. The van der Waals surface area contributed by atoms with Gasteiger partial charge in [-0.1, -0.05) is 56.0 Å². The first-order valence-corrected chi connectivity index (χ1v) is 11.8. The van der Waals surface area contributed by atoms with E-state index in [1.54, 1.807) is 7.11 Å². The molecule has 0 aliphatic carbocycles. The minimum Gasteiger partial charge on any atom is -0.375 e. The van der Waals surface area contributed by atoms with Crippen molar-refractivity contribution >= 4 is 33.4 Å². The lowest BCUT2D eigenvalue weighted by atomic mass is 10.1. The fraction of sp³-hybridized carbons (Fsp3) is 0.440. The molecule has 0 bridgehead atoms. The summed E-state index contributed by atoms with van der Waals surface area (Å²) in [5.41, 5.74) is 2.51. The predicted molar refractivity (Wildman–Crippen MR) is 127 cm³/mol. The molecule has 0 N–H and O–H groups in total. The van der Waals surface area contributed by atoms with Crippen LogP contribution in [0.4, 0.5) is 5.69 Å². The molecule has 1 aliphatic rings. The lowest BCUT2D eigenvalue weighted by molar-refractivity contribution is -0.122. The van der Waals surface area contributed by atoms with E-state index >= 15 is 0 Å². The molecule has 2 aromatic carbocycles. The minimum atomic E-state index is -0.0477. The van der Waals surface area contributed by atoms with E-state index in [4.69, 9.17) is 4.74 Å². The number of carbonyl (C=O) groups excluding carboxylic acids is 2. The lowest BCUT2D eigenvalue weighted by Crippen LogP contribution is -2.37. The summed E-state index contributed by atoms with van der Waals surface area (Å²) >= 11 is 3.52. The van der Waals surface area contributed by atoms with Gasteiger partial charge in [0.05, 0.1) is 5.56 Å². The zero-order valence-corrected chi connectivity index (χ0v) is 19.8. The standard InChI is InChI=1S/C25H31BrN2O3/c1-31-19-24(29)28-17-11-5-3-2-4-10-16-27(18-20-12-6-9-15-23(20)28)25(30)21-13-7-8-14-22(21)26/h6-9,12-15H,2-5,10-11,16-19H2,1H3. The first-order chi connectivity index (χ1) is 15.1. The van der Waals surface area contributed by atoms with E-state index in [1.165, 1.54) is 0 Å². The van der Waals surface area contributed by atoms with Crippen LogP contribution in [0.2, 0.25) is 0 Å². The van der Waals surface area contributed by atoms with E-state index in [0.717, 1.165) is 54.2 Å². The molecule has 0 atom stereocenters. The molecule has 0 saturated heterocycles. The Morgan fingerprint density at radius 1 is 0.903 bits per heavy atom. The van der Waals surface area contributed by atoms with E-state index in [-0.39, 0.29) is 18.4 Å². The molecular formula is C25H31BrN2O3. The second-order valence-electron chi connectivity index (χ2n) is 7.93. The van der Waals surface area contributed by atoms with Crippen LogP contribution in [0.15, 0.2) is 53.0 Å². The predicted octanol–water partition coefficient (Wildman–Crippen LogP) is 5.43. The second kappa shape index (κ2) is 12.0. The first kappa shape index (κ1) is 23.5. The van der Waals surface area contributed by atoms with E-state index in [0.29, 0.717) is 25.2 Å². The third-order valence-electron chi connectivity index (χ3n) is 5.66. The quantitative estimate of drug-likeness (QED) is 0.581. The zero-order chi connectivity index (χ0) is 22.1. The van der Waals surface area contributed by atoms with Crippen molar-refractivity contribution in [2.75, 3.05) is 31.7 Å². The summed E-state index contributed by atoms with van der Waals surface area (Å²) in [6.45, 7) is 1.87. The van der Waals surface area contributed by atoms with Crippen molar-refractivity contribution in [3.63, 3.8) is 0 Å². The third-order valence-corrected chi connectivity index (χ3v) is 6.36. The fourth-order valence-electron chi connectivity index (χ4n) is 4.03. The number of halogens is 1. The highest BCUT2D eigenvalue weighted by molar-refractivity contribution is 9.10. The van der Waals surface area contributed by atoms with Crippen molar-refractivity contribution in [2.24, 2.45) is 0 Å². The smallest absolute Gasteiger partial charge is 0.255 e. The Kier molecular flexibility index (Phi) is 9.10. The number of amides is 2. The average molecular weight is 487 g/mol. The van der Waals surface area contributed by atoms with Crippen LogP contribution in [0.1, 0.15) is 54.4 Å². The molecule has 1 heterocycles. The van der Waals surface area contributed by atoms with E-state index < -0.39 is 0 Å². The molecular weight excluding hydrogens is 456 g/mol. The molecule has 31 heavy (non-hydrogen) atoms. The SMILES string of the molecule is COCC(=O)N1CCCCCCCCN(C(=O)c2ccccc2Br)Cc2ccccc21. The number of benzene rings is 2. The van der Waals surface area contributed by atoms with Crippen LogP contribution in [0.5, 0.6) is 0 Å². The first-order valence-electron chi connectivity index (χ1n) is 11.0.